The molecule has 0 spiro atoms. The first-order valence-electron chi connectivity index (χ1n) is 12.5. The SMILES string of the molecule is CC(C)COC(=O)CCNC(=O)NC1CCN(c2ccc(C(N)=NOC(=O)N(C)CCN(C)C)cc2)C1=O. The quantitative estimate of drug-likeness (QED) is 0.118. The summed E-state index contributed by atoms with van der Waals surface area (Å²) < 4.78 is 5.06. The smallest absolute Gasteiger partial charge is 0.435 e. The number of likely N-dealkylation sites (N-methyl/N-ethyl adjacent to an activating group) is 2. The Morgan fingerprint density at radius 3 is 2.47 bits per heavy atom. The van der Waals surface area contributed by atoms with Gasteiger partial charge in [0.2, 0.25) is 5.91 Å². The topological polar surface area (TPSA) is 159 Å². The number of nitrogens with zero attached hydrogens (tertiary/aromatic N) is 4. The van der Waals surface area contributed by atoms with Gasteiger partial charge in [-0.1, -0.05) is 19.0 Å². The number of rotatable bonds is 12. The minimum atomic E-state index is -0.682. The van der Waals surface area contributed by atoms with Crippen LogP contribution >= 0.6 is 0 Å². The Morgan fingerprint density at radius 1 is 1.16 bits per heavy atom. The molecule has 0 aromatic heterocycles. The average molecular weight is 534 g/mol. The fourth-order valence-corrected chi connectivity index (χ4v) is 3.35. The Hall–Kier alpha value is -3.87. The Balaban J connectivity index is 1.82. The number of urea groups is 1. The molecule has 1 aliphatic rings. The van der Waals surface area contributed by atoms with Gasteiger partial charge in [-0.15, -0.1) is 0 Å². The van der Waals surface area contributed by atoms with Crippen LogP contribution in [0.1, 0.15) is 32.3 Å². The third-order valence-electron chi connectivity index (χ3n) is 5.59. The monoisotopic (exact) mass is 533 g/mol. The van der Waals surface area contributed by atoms with Gasteiger partial charge < -0.3 is 35.8 Å². The molecule has 13 heteroatoms. The number of hydrogen-bond acceptors (Lipinski definition) is 8. The molecule has 1 heterocycles. The Bertz CT molecular complexity index is 996. The van der Waals surface area contributed by atoms with Crippen LogP contribution < -0.4 is 21.3 Å². The van der Waals surface area contributed by atoms with Crippen LogP contribution in [-0.2, 0) is 19.2 Å². The zero-order chi connectivity index (χ0) is 28.2. The summed E-state index contributed by atoms with van der Waals surface area (Å²) in [6.45, 7) is 5.89. The van der Waals surface area contributed by atoms with E-state index >= 15 is 0 Å². The molecule has 0 aliphatic carbocycles. The number of nitrogens with two attached hydrogens (primary N) is 1. The maximum atomic E-state index is 12.8. The number of oxime groups is 1. The molecule has 1 aliphatic heterocycles. The molecule has 1 aromatic carbocycles. The van der Waals surface area contributed by atoms with Crippen molar-refractivity contribution in [3.05, 3.63) is 29.8 Å². The third kappa shape index (κ3) is 9.88. The normalized spacial score (nSPS) is 15.6. The fraction of sp³-hybridized carbons (Fsp3) is 0.560. The van der Waals surface area contributed by atoms with E-state index in [9.17, 15) is 19.2 Å². The predicted octanol–water partition coefficient (Wildman–Crippen LogP) is 0.931. The minimum Gasteiger partial charge on any atom is -0.465 e. The van der Waals surface area contributed by atoms with E-state index in [1.165, 1.54) is 4.90 Å². The largest absolute Gasteiger partial charge is 0.465 e. The van der Waals surface area contributed by atoms with Crippen molar-refractivity contribution < 1.29 is 28.8 Å². The molecule has 1 unspecified atom stereocenters. The van der Waals surface area contributed by atoms with Crippen LogP contribution in [-0.4, -0.2) is 99.6 Å². The van der Waals surface area contributed by atoms with E-state index in [4.69, 9.17) is 15.3 Å². The van der Waals surface area contributed by atoms with Crippen LogP contribution in [0.3, 0.4) is 0 Å². The van der Waals surface area contributed by atoms with E-state index in [0.717, 1.165) is 0 Å². The van der Waals surface area contributed by atoms with Gasteiger partial charge >= 0.3 is 18.1 Å². The molecule has 1 aromatic rings. The van der Waals surface area contributed by atoms with E-state index in [-0.39, 0.29) is 36.6 Å². The highest BCUT2D eigenvalue weighted by atomic mass is 16.7. The van der Waals surface area contributed by atoms with Crippen LogP contribution in [0.25, 0.3) is 0 Å². The summed E-state index contributed by atoms with van der Waals surface area (Å²) in [6, 6.07) is 5.52. The average Bonchev–Trinajstić information content (AvgIpc) is 3.23. The van der Waals surface area contributed by atoms with E-state index in [0.29, 0.717) is 43.9 Å². The number of carbonyl (C=O) groups excluding carboxylic acids is 4. The van der Waals surface area contributed by atoms with Crippen molar-refractivity contribution in [3.8, 4) is 0 Å². The van der Waals surface area contributed by atoms with Crippen LogP contribution in [0.15, 0.2) is 29.4 Å². The first kappa shape index (κ1) is 30.4. The Kier molecular flexibility index (Phi) is 11.8. The second kappa shape index (κ2) is 14.8. The molecule has 1 saturated heterocycles. The van der Waals surface area contributed by atoms with Crippen molar-refractivity contribution in [2.45, 2.75) is 32.7 Å². The summed E-state index contributed by atoms with van der Waals surface area (Å²) in [5, 5.41) is 8.93. The number of ether oxygens (including phenoxy) is 1. The summed E-state index contributed by atoms with van der Waals surface area (Å²) in [4.78, 5) is 58.4. The van der Waals surface area contributed by atoms with Crippen LogP contribution in [0.4, 0.5) is 15.3 Å². The molecular weight excluding hydrogens is 494 g/mol. The summed E-state index contributed by atoms with van der Waals surface area (Å²) >= 11 is 0. The standard InChI is InChI=1S/C25H39N7O6/c1-17(2)16-37-21(33)10-12-27-24(35)28-20-11-13-32(23(20)34)19-8-6-18(7-9-19)22(26)29-38-25(36)31(5)15-14-30(3)4/h6-9,17,20H,10-16H2,1-5H3,(H2,26,29)(H2,27,28,35). The van der Waals surface area contributed by atoms with Gasteiger partial charge in [0.05, 0.1) is 13.0 Å². The first-order chi connectivity index (χ1) is 18.0. The fourth-order valence-electron chi connectivity index (χ4n) is 3.35. The van der Waals surface area contributed by atoms with Crippen molar-refractivity contribution in [1.29, 1.82) is 0 Å². The third-order valence-corrected chi connectivity index (χ3v) is 5.59. The zero-order valence-corrected chi connectivity index (χ0v) is 22.7. The number of esters is 1. The van der Waals surface area contributed by atoms with Crippen molar-refractivity contribution in [1.82, 2.24) is 20.4 Å². The van der Waals surface area contributed by atoms with Gasteiger partial charge in [0.1, 0.15) is 6.04 Å². The molecule has 1 atom stereocenters. The van der Waals surface area contributed by atoms with Gasteiger partial charge in [-0.3, -0.25) is 14.4 Å². The Labute approximate surface area is 223 Å². The molecule has 4 N–H and O–H groups in total. The lowest BCUT2D eigenvalue weighted by Crippen LogP contribution is -2.46. The molecule has 0 saturated carbocycles. The highest BCUT2D eigenvalue weighted by molar-refractivity contribution is 6.02. The summed E-state index contributed by atoms with van der Waals surface area (Å²) in [5.41, 5.74) is 7.09. The van der Waals surface area contributed by atoms with Gasteiger partial charge in [0, 0.05) is 44.5 Å². The van der Waals surface area contributed by atoms with E-state index in [1.807, 2.05) is 32.8 Å². The second-order valence-electron chi connectivity index (χ2n) is 9.66. The number of benzene rings is 1. The second-order valence-corrected chi connectivity index (χ2v) is 9.66. The van der Waals surface area contributed by atoms with Crippen molar-refractivity contribution in [2.24, 2.45) is 16.8 Å². The lowest BCUT2D eigenvalue weighted by Gasteiger charge is -2.18. The summed E-state index contributed by atoms with van der Waals surface area (Å²) in [5.74, 6) is -0.381. The number of nitrogens with one attached hydrogen (secondary N) is 2. The van der Waals surface area contributed by atoms with E-state index in [1.54, 1.807) is 36.2 Å². The number of carbonyl (C=O) groups is 4. The van der Waals surface area contributed by atoms with Gasteiger partial charge in [-0.05, 0) is 50.7 Å². The Morgan fingerprint density at radius 2 is 1.84 bits per heavy atom. The lowest BCUT2D eigenvalue weighted by molar-refractivity contribution is -0.144. The minimum absolute atomic E-state index is 0.0166. The van der Waals surface area contributed by atoms with Gasteiger partial charge in [-0.2, -0.15) is 0 Å². The number of amidine groups is 1. The molecule has 4 amide bonds. The molecule has 13 nitrogen and oxygen atoms in total. The van der Waals surface area contributed by atoms with Gasteiger partial charge in [0.25, 0.3) is 0 Å². The molecule has 210 valence electrons. The molecule has 0 bridgehead atoms. The van der Waals surface area contributed by atoms with E-state index in [2.05, 4.69) is 15.8 Å². The predicted molar refractivity (Wildman–Crippen MR) is 143 cm³/mol. The molecule has 0 radical (unpaired) electrons. The lowest BCUT2D eigenvalue weighted by atomic mass is 10.2. The number of hydrogen-bond donors (Lipinski definition) is 3. The highest BCUT2D eigenvalue weighted by Gasteiger charge is 2.33. The van der Waals surface area contributed by atoms with Crippen molar-refractivity contribution in [3.63, 3.8) is 0 Å². The molecular formula is C25H39N7O6. The highest BCUT2D eigenvalue weighted by Crippen LogP contribution is 2.22. The van der Waals surface area contributed by atoms with Crippen LogP contribution in [0.5, 0.6) is 0 Å². The molecule has 38 heavy (non-hydrogen) atoms. The van der Waals surface area contributed by atoms with Gasteiger partial charge in [0.15, 0.2) is 5.84 Å². The summed E-state index contributed by atoms with van der Waals surface area (Å²) in [7, 11) is 5.41. The maximum absolute atomic E-state index is 12.8. The van der Waals surface area contributed by atoms with Crippen molar-refractivity contribution in [2.75, 3.05) is 58.8 Å². The van der Waals surface area contributed by atoms with Crippen LogP contribution in [0.2, 0.25) is 0 Å². The zero-order valence-electron chi connectivity index (χ0n) is 22.7. The van der Waals surface area contributed by atoms with Gasteiger partial charge in [-0.25, -0.2) is 9.59 Å². The molecule has 2 rings (SSSR count). The number of anilines is 1. The first-order valence-corrected chi connectivity index (χ1v) is 12.5. The number of amides is 4. The van der Waals surface area contributed by atoms with Crippen LogP contribution in [0, 0.1) is 5.92 Å². The molecule has 1 fully saturated rings. The maximum Gasteiger partial charge on any atom is 0.435 e. The van der Waals surface area contributed by atoms with Crippen molar-refractivity contribution >= 4 is 35.5 Å². The van der Waals surface area contributed by atoms with E-state index < -0.39 is 18.2 Å². The summed E-state index contributed by atoms with van der Waals surface area (Å²) in [6.07, 6.45) is -0.135.